The van der Waals surface area contributed by atoms with Crippen molar-refractivity contribution >= 4 is 22.4 Å². The molecule has 1 aromatic rings. The van der Waals surface area contributed by atoms with Crippen LogP contribution in [0.3, 0.4) is 0 Å². The summed E-state index contributed by atoms with van der Waals surface area (Å²) in [6.07, 6.45) is 2.82. The van der Waals surface area contributed by atoms with Gasteiger partial charge in [0.05, 0.1) is 5.69 Å². The van der Waals surface area contributed by atoms with Gasteiger partial charge in [-0.2, -0.15) is 0 Å². The van der Waals surface area contributed by atoms with Crippen LogP contribution >= 0.6 is 11.3 Å². The molecule has 4 nitrogen and oxygen atoms in total. The number of aromatic nitrogens is 1. The first kappa shape index (κ1) is 16.1. The molecule has 1 amide bonds. The highest BCUT2D eigenvalue weighted by Crippen LogP contribution is 2.22. The molecule has 3 N–H and O–H groups in total. The molecule has 0 bridgehead atoms. The average molecular weight is 283 g/mol. The number of rotatable bonds is 7. The van der Waals surface area contributed by atoms with E-state index in [0.717, 1.165) is 25.0 Å². The lowest BCUT2D eigenvalue weighted by atomic mass is 10.0. The molecule has 1 rings (SSSR count). The van der Waals surface area contributed by atoms with E-state index in [1.807, 2.05) is 19.2 Å². The minimum atomic E-state index is 0.00477. The van der Waals surface area contributed by atoms with E-state index in [-0.39, 0.29) is 17.9 Å². The topological polar surface area (TPSA) is 68.0 Å². The number of amides is 1. The first-order valence-electron chi connectivity index (χ1n) is 6.92. The van der Waals surface area contributed by atoms with Gasteiger partial charge in [0, 0.05) is 17.3 Å². The SMILES string of the molecule is CC(N)CCCC(C)C(=O)Nc1nc(C(C)C)cs1. The number of carbonyl (C=O) groups is 1. The van der Waals surface area contributed by atoms with E-state index in [2.05, 4.69) is 24.1 Å². The average Bonchev–Trinajstić information content (AvgIpc) is 2.76. The van der Waals surface area contributed by atoms with Gasteiger partial charge in [-0.25, -0.2) is 4.98 Å². The number of nitrogens with two attached hydrogens (primary N) is 1. The van der Waals surface area contributed by atoms with Crippen LogP contribution < -0.4 is 11.1 Å². The van der Waals surface area contributed by atoms with E-state index in [0.29, 0.717) is 11.0 Å². The van der Waals surface area contributed by atoms with Crippen molar-refractivity contribution in [1.29, 1.82) is 0 Å². The molecule has 1 heterocycles. The lowest BCUT2D eigenvalue weighted by Gasteiger charge is -2.11. The molecule has 5 heteroatoms. The van der Waals surface area contributed by atoms with E-state index in [1.54, 1.807) is 0 Å². The summed E-state index contributed by atoms with van der Waals surface area (Å²) in [6.45, 7) is 8.13. The van der Waals surface area contributed by atoms with E-state index in [9.17, 15) is 4.79 Å². The Balaban J connectivity index is 2.40. The maximum Gasteiger partial charge on any atom is 0.228 e. The lowest BCUT2D eigenvalue weighted by Crippen LogP contribution is -2.21. The van der Waals surface area contributed by atoms with Gasteiger partial charge < -0.3 is 11.1 Å². The highest BCUT2D eigenvalue weighted by atomic mass is 32.1. The summed E-state index contributed by atoms with van der Waals surface area (Å²) in [4.78, 5) is 16.4. The van der Waals surface area contributed by atoms with Crippen LogP contribution in [0.5, 0.6) is 0 Å². The van der Waals surface area contributed by atoms with Gasteiger partial charge in [0.1, 0.15) is 0 Å². The predicted octanol–water partition coefficient (Wildman–Crippen LogP) is 3.36. The van der Waals surface area contributed by atoms with Crippen LogP contribution in [-0.2, 0) is 4.79 Å². The van der Waals surface area contributed by atoms with Crippen LogP contribution in [-0.4, -0.2) is 16.9 Å². The minimum Gasteiger partial charge on any atom is -0.328 e. The highest BCUT2D eigenvalue weighted by Gasteiger charge is 2.15. The van der Waals surface area contributed by atoms with Crippen LogP contribution in [0.2, 0.25) is 0 Å². The van der Waals surface area contributed by atoms with Crippen molar-refractivity contribution in [2.75, 3.05) is 5.32 Å². The molecule has 0 spiro atoms. The molecule has 0 aromatic carbocycles. The second-order valence-electron chi connectivity index (χ2n) is 5.53. The Bertz CT molecular complexity index is 401. The highest BCUT2D eigenvalue weighted by molar-refractivity contribution is 7.13. The van der Waals surface area contributed by atoms with Crippen molar-refractivity contribution in [3.8, 4) is 0 Å². The van der Waals surface area contributed by atoms with Gasteiger partial charge >= 0.3 is 0 Å². The minimum absolute atomic E-state index is 0.00477. The zero-order chi connectivity index (χ0) is 14.4. The molecule has 19 heavy (non-hydrogen) atoms. The molecule has 0 saturated heterocycles. The lowest BCUT2D eigenvalue weighted by molar-refractivity contribution is -0.119. The monoisotopic (exact) mass is 283 g/mol. The summed E-state index contributed by atoms with van der Waals surface area (Å²) in [6, 6.07) is 0.211. The summed E-state index contributed by atoms with van der Waals surface area (Å²) in [7, 11) is 0. The fourth-order valence-electron chi connectivity index (χ4n) is 1.71. The standard InChI is InChI=1S/C14H25N3OS/c1-9(2)12-8-19-14(16-12)17-13(18)10(3)6-5-7-11(4)15/h8-11H,5-7,15H2,1-4H3,(H,16,17,18). The number of hydrogen-bond acceptors (Lipinski definition) is 4. The van der Waals surface area contributed by atoms with Crippen molar-refractivity contribution in [2.45, 2.75) is 58.9 Å². The number of thiazole rings is 1. The molecule has 0 aliphatic carbocycles. The Labute approximate surface area is 119 Å². The summed E-state index contributed by atoms with van der Waals surface area (Å²) >= 11 is 1.49. The molecular weight excluding hydrogens is 258 g/mol. The van der Waals surface area contributed by atoms with Crippen LogP contribution in [0, 0.1) is 5.92 Å². The third kappa shape index (κ3) is 5.70. The fourth-order valence-corrected chi connectivity index (χ4v) is 2.59. The second-order valence-corrected chi connectivity index (χ2v) is 6.39. The van der Waals surface area contributed by atoms with Gasteiger partial charge in [-0.05, 0) is 25.7 Å². The first-order chi connectivity index (χ1) is 8.90. The van der Waals surface area contributed by atoms with E-state index < -0.39 is 0 Å². The van der Waals surface area contributed by atoms with E-state index in [1.165, 1.54) is 11.3 Å². The predicted molar refractivity (Wildman–Crippen MR) is 81.5 cm³/mol. The largest absolute Gasteiger partial charge is 0.328 e. The Hall–Kier alpha value is -0.940. The van der Waals surface area contributed by atoms with Crippen LogP contribution in [0.15, 0.2) is 5.38 Å². The number of carbonyl (C=O) groups excluding carboxylic acids is 1. The molecular formula is C14H25N3OS. The third-order valence-electron chi connectivity index (χ3n) is 3.09. The molecule has 0 saturated carbocycles. The molecule has 2 atom stereocenters. The van der Waals surface area contributed by atoms with Crippen molar-refractivity contribution in [3.63, 3.8) is 0 Å². The number of anilines is 1. The number of nitrogens with zero attached hydrogens (tertiary/aromatic N) is 1. The number of hydrogen-bond donors (Lipinski definition) is 2. The quantitative estimate of drug-likeness (QED) is 0.806. The third-order valence-corrected chi connectivity index (χ3v) is 3.86. The summed E-state index contributed by atoms with van der Waals surface area (Å²) in [5.74, 6) is 0.449. The van der Waals surface area contributed by atoms with Crippen molar-refractivity contribution in [1.82, 2.24) is 4.98 Å². The molecule has 108 valence electrons. The maximum atomic E-state index is 12.0. The molecule has 1 aromatic heterocycles. The smallest absolute Gasteiger partial charge is 0.228 e. The first-order valence-corrected chi connectivity index (χ1v) is 7.80. The molecule has 2 unspecified atom stereocenters. The van der Waals surface area contributed by atoms with Gasteiger partial charge in [0.25, 0.3) is 0 Å². The van der Waals surface area contributed by atoms with Gasteiger partial charge in [0.15, 0.2) is 5.13 Å². The van der Waals surface area contributed by atoms with Crippen molar-refractivity contribution < 1.29 is 4.79 Å². The Morgan fingerprint density at radius 2 is 2.05 bits per heavy atom. The van der Waals surface area contributed by atoms with E-state index >= 15 is 0 Å². The maximum absolute atomic E-state index is 12.0. The fraction of sp³-hybridized carbons (Fsp3) is 0.714. The van der Waals surface area contributed by atoms with Gasteiger partial charge in [-0.3, -0.25) is 4.79 Å². The van der Waals surface area contributed by atoms with Gasteiger partial charge in [-0.15, -0.1) is 11.3 Å². The van der Waals surface area contributed by atoms with Crippen molar-refractivity contribution in [3.05, 3.63) is 11.1 Å². The van der Waals surface area contributed by atoms with Gasteiger partial charge in [-0.1, -0.05) is 27.2 Å². The Kier molecular flexibility index (Phi) is 6.45. The van der Waals surface area contributed by atoms with Crippen LogP contribution in [0.25, 0.3) is 0 Å². The zero-order valence-corrected chi connectivity index (χ0v) is 13.1. The molecule has 0 radical (unpaired) electrons. The summed E-state index contributed by atoms with van der Waals surface area (Å²) in [5, 5.41) is 5.59. The normalized spacial score (nSPS) is 14.4. The van der Waals surface area contributed by atoms with E-state index in [4.69, 9.17) is 5.73 Å². The summed E-state index contributed by atoms with van der Waals surface area (Å²) in [5.41, 5.74) is 6.73. The zero-order valence-electron chi connectivity index (χ0n) is 12.3. The Morgan fingerprint density at radius 3 is 2.58 bits per heavy atom. The molecule has 0 aliphatic heterocycles. The van der Waals surface area contributed by atoms with Gasteiger partial charge in [0.2, 0.25) is 5.91 Å². The van der Waals surface area contributed by atoms with Crippen LogP contribution in [0.4, 0.5) is 5.13 Å². The molecule has 0 aliphatic rings. The summed E-state index contributed by atoms with van der Waals surface area (Å²) < 4.78 is 0. The van der Waals surface area contributed by atoms with Crippen molar-refractivity contribution in [2.24, 2.45) is 11.7 Å². The van der Waals surface area contributed by atoms with Crippen LogP contribution in [0.1, 0.15) is 58.6 Å². The molecule has 0 fully saturated rings. The number of nitrogens with one attached hydrogen (secondary N) is 1. The Morgan fingerprint density at radius 1 is 1.37 bits per heavy atom. The second kappa shape index (κ2) is 7.60.